The van der Waals surface area contributed by atoms with Crippen LogP contribution in [0.15, 0.2) is 53.0 Å². The molecular formula is C20H19Br2N5O4S. The number of rotatable bonds is 7. The summed E-state index contributed by atoms with van der Waals surface area (Å²) in [5, 5.41) is 15.1. The van der Waals surface area contributed by atoms with E-state index >= 15 is 0 Å². The molecule has 9 nitrogen and oxygen atoms in total. The Bertz CT molecular complexity index is 1130. The molecule has 3 N–H and O–H groups in total. The zero-order valence-electron chi connectivity index (χ0n) is 17.3. The molecule has 0 aliphatic heterocycles. The number of aromatic amines is 1. The molecule has 0 saturated carbocycles. The van der Waals surface area contributed by atoms with E-state index < -0.39 is 17.8 Å². The summed E-state index contributed by atoms with van der Waals surface area (Å²) >= 11 is 8.44. The third kappa shape index (κ3) is 6.94. The average Bonchev–Trinajstić information content (AvgIpc) is 2.72. The first-order chi connectivity index (χ1) is 15.2. The fourth-order valence-corrected chi connectivity index (χ4v) is 4.88. The summed E-state index contributed by atoms with van der Waals surface area (Å²) in [6, 6.07) is 6.85. The number of benzene rings is 1. The number of ether oxygens (including phenoxy) is 1. The summed E-state index contributed by atoms with van der Waals surface area (Å²) in [7, 11) is 0. The smallest absolute Gasteiger partial charge is 0.371 e. The number of hydrogen-bond acceptors (Lipinski definition) is 8. The molecule has 1 amide bonds. The predicted molar refractivity (Wildman–Crippen MR) is 129 cm³/mol. The van der Waals surface area contributed by atoms with Crippen molar-refractivity contribution < 1.29 is 14.3 Å². The Labute approximate surface area is 205 Å². The summed E-state index contributed by atoms with van der Waals surface area (Å²) in [6.07, 6.45) is 0.684. The molecule has 0 aliphatic rings. The Kier molecular flexibility index (Phi) is 9.49. The van der Waals surface area contributed by atoms with Gasteiger partial charge in [0.2, 0.25) is 5.71 Å². The van der Waals surface area contributed by atoms with E-state index in [0.717, 1.165) is 9.79 Å². The molecule has 32 heavy (non-hydrogen) atoms. The normalized spacial score (nSPS) is 11.1. The third-order valence-electron chi connectivity index (χ3n) is 3.85. The maximum absolute atomic E-state index is 12.0. The number of aromatic nitrogens is 1. The van der Waals surface area contributed by atoms with Gasteiger partial charge in [-0.15, -0.1) is 0 Å². The van der Waals surface area contributed by atoms with Crippen LogP contribution in [0.2, 0.25) is 0 Å². The number of hydrogen-bond donors (Lipinski definition) is 3. The molecule has 0 unspecified atom stereocenters. The molecule has 1 aromatic carbocycles. The second-order valence-electron chi connectivity index (χ2n) is 6.54. The van der Waals surface area contributed by atoms with Gasteiger partial charge >= 0.3 is 12.1 Å². The van der Waals surface area contributed by atoms with Crippen LogP contribution in [0, 0.1) is 11.3 Å². The second-order valence-corrected chi connectivity index (χ2v) is 9.33. The van der Waals surface area contributed by atoms with E-state index in [-0.39, 0.29) is 18.0 Å². The van der Waals surface area contributed by atoms with Crippen molar-refractivity contribution in [2.24, 2.45) is 5.10 Å². The highest BCUT2D eigenvalue weighted by molar-refractivity contribution is 9.11. The van der Waals surface area contributed by atoms with Gasteiger partial charge in [-0.25, -0.2) is 9.59 Å². The fraction of sp³-hybridized carbons (Fsp3) is 0.250. The van der Waals surface area contributed by atoms with Gasteiger partial charge in [0.25, 0.3) is 5.56 Å². The van der Waals surface area contributed by atoms with Crippen LogP contribution >= 0.6 is 43.6 Å². The van der Waals surface area contributed by atoms with Crippen LogP contribution in [-0.4, -0.2) is 29.3 Å². The second kappa shape index (κ2) is 11.8. The van der Waals surface area contributed by atoms with Crippen LogP contribution in [0.5, 0.6) is 0 Å². The minimum atomic E-state index is -1.17. The van der Waals surface area contributed by atoms with E-state index in [4.69, 9.17) is 5.26 Å². The SMILES string of the molecule is CCNC(=O)OC(=O)/C(C#N)=N\Nc1cc(Br)c(Sc2c[nH]c(=O)c(C(C)C)c2)c(Br)c1. The lowest BCUT2D eigenvalue weighted by Crippen LogP contribution is -2.29. The molecule has 2 rings (SSSR count). The maximum atomic E-state index is 12.0. The van der Waals surface area contributed by atoms with E-state index in [1.807, 2.05) is 19.9 Å². The molecule has 1 heterocycles. The largest absolute Gasteiger partial charge is 0.415 e. The van der Waals surface area contributed by atoms with Crippen LogP contribution in [0.25, 0.3) is 0 Å². The van der Waals surface area contributed by atoms with Crippen LogP contribution in [-0.2, 0) is 9.53 Å². The van der Waals surface area contributed by atoms with Crippen molar-refractivity contribution in [1.29, 1.82) is 5.26 Å². The van der Waals surface area contributed by atoms with Crippen molar-refractivity contribution in [1.82, 2.24) is 10.3 Å². The number of nitriles is 1. The average molecular weight is 585 g/mol. The number of H-pyrrole nitrogens is 1. The Morgan fingerprint density at radius 2 is 1.94 bits per heavy atom. The molecule has 0 radical (unpaired) electrons. The van der Waals surface area contributed by atoms with Gasteiger partial charge in [-0.05, 0) is 62.9 Å². The first-order valence-corrected chi connectivity index (χ1v) is 11.7. The van der Waals surface area contributed by atoms with Crippen molar-refractivity contribution in [2.45, 2.75) is 36.5 Å². The standard InChI is InChI=1S/C20H19Br2N5O4S/c1-4-24-20(30)31-19(29)16(8-23)27-26-11-5-14(21)17(15(22)6-11)32-12-7-13(10(2)3)18(28)25-9-12/h5-7,9-10,26H,4H2,1-3H3,(H,24,30)(H,25,28)/b27-16-. The van der Waals surface area contributed by atoms with Gasteiger partial charge in [0.15, 0.2) is 0 Å². The van der Waals surface area contributed by atoms with Crippen molar-refractivity contribution in [2.75, 3.05) is 12.0 Å². The molecule has 0 bridgehead atoms. The zero-order valence-corrected chi connectivity index (χ0v) is 21.3. The van der Waals surface area contributed by atoms with E-state index in [1.54, 1.807) is 31.3 Å². The number of esters is 1. The topological polar surface area (TPSA) is 136 Å². The Hall–Kier alpha value is -2.62. The summed E-state index contributed by atoms with van der Waals surface area (Å²) in [6.45, 7) is 5.83. The van der Waals surface area contributed by atoms with Gasteiger partial charge in [0.1, 0.15) is 6.07 Å². The molecule has 1 aromatic heterocycles. The Morgan fingerprint density at radius 1 is 1.28 bits per heavy atom. The van der Waals surface area contributed by atoms with Crippen LogP contribution in [0.4, 0.5) is 10.5 Å². The highest BCUT2D eigenvalue weighted by Crippen LogP contribution is 2.40. The number of nitrogens with one attached hydrogen (secondary N) is 3. The lowest BCUT2D eigenvalue weighted by Gasteiger charge is -2.11. The number of pyridine rings is 1. The minimum absolute atomic E-state index is 0.0877. The van der Waals surface area contributed by atoms with Gasteiger partial charge in [-0.1, -0.05) is 25.6 Å². The number of carbonyl (C=O) groups excluding carboxylic acids is 2. The summed E-state index contributed by atoms with van der Waals surface area (Å²) < 4.78 is 5.88. The molecule has 0 saturated heterocycles. The number of halogens is 2. The summed E-state index contributed by atoms with van der Waals surface area (Å²) in [5.74, 6) is -1.08. The Morgan fingerprint density at radius 3 is 2.50 bits per heavy atom. The number of nitrogens with zero attached hydrogens (tertiary/aromatic N) is 2. The predicted octanol–water partition coefficient (Wildman–Crippen LogP) is 4.74. The maximum Gasteiger partial charge on any atom is 0.415 e. The first kappa shape index (κ1) is 25.6. The molecule has 0 spiro atoms. The molecule has 0 atom stereocenters. The number of alkyl carbamates (subject to hydrolysis) is 1. The van der Waals surface area contributed by atoms with Crippen LogP contribution in [0.1, 0.15) is 32.3 Å². The molecule has 2 aromatic rings. The zero-order chi connectivity index (χ0) is 23.8. The lowest BCUT2D eigenvalue weighted by molar-refractivity contribution is -0.129. The number of amides is 1. The van der Waals surface area contributed by atoms with Crippen molar-refractivity contribution in [3.63, 3.8) is 0 Å². The van der Waals surface area contributed by atoms with Gasteiger partial charge < -0.3 is 15.0 Å². The molecule has 168 valence electrons. The molecular weight excluding hydrogens is 566 g/mol. The highest BCUT2D eigenvalue weighted by atomic mass is 79.9. The third-order valence-corrected chi connectivity index (χ3v) is 6.74. The lowest BCUT2D eigenvalue weighted by atomic mass is 10.1. The van der Waals surface area contributed by atoms with E-state index in [1.165, 1.54) is 11.8 Å². The Balaban J connectivity index is 2.20. The van der Waals surface area contributed by atoms with Crippen molar-refractivity contribution in [3.05, 3.63) is 49.3 Å². The van der Waals surface area contributed by atoms with E-state index in [9.17, 15) is 14.4 Å². The number of anilines is 1. The summed E-state index contributed by atoms with van der Waals surface area (Å²) in [4.78, 5) is 39.6. The van der Waals surface area contributed by atoms with Crippen LogP contribution in [0.3, 0.4) is 0 Å². The highest BCUT2D eigenvalue weighted by Gasteiger charge is 2.18. The van der Waals surface area contributed by atoms with Crippen molar-refractivity contribution in [3.8, 4) is 6.07 Å². The molecule has 0 aliphatic carbocycles. The van der Waals surface area contributed by atoms with Gasteiger partial charge in [-0.2, -0.15) is 10.4 Å². The fourth-order valence-electron chi connectivity index (χ4n) is 2.36. The monoisotopic (exact) mass is 583 g/mol. The summed E-state index contributed by atoms with van der Waals surface area (Å²) in [5.41, 5.74) is 3.04. The number of hydrazone groups is 1. The number of carbonyl (C=O) groups is 2. The quantitative estimate of drug-likeness (QED) is 0.185. The first-order valence-electron chi connectivity index (χ1n) is 9.29. The molecule has 0 fully saturated rings. The van der Waals surface area contributed by atoms with Gasteiger partial charge in [0.05, 0.1) is 5.69 Å². The van der Waals surface area contributed by atoms with Gasteiger partial charge in [-0.3, -0.25) is 10.2 Å². The minimum Gasteiger partial charge on any atom is -0.371 e. The molecule has 12 heteroatoms. The van der Waals surface area contributed by atoms with Crippen LogP contribution < -0.4 is 16.3 Å². The van der Waals surface area contributed by atoms with E-state index in [2.05, 4.69) is 57.4 Å². The van der Waals surface area contributed by atoms with Gasteiger partial charge in [0, 0.05) is 37.0 Å². The van der Waals surface area contributed by atoms with Crippen molar-refractivity contribution >= 4 is 67.1 Å². The van der Waals surface area contributed by atoms with E-state index in [0.29, 0.717) is 20.2 Å².